The van der Waals surface area contributed by atoms with Gasteiger partial charge in [0.25, 0.3) is 11.8 Å². The zero-order chi connectivity index (χ0) is 26.5. The van der Waals surface area contributed by atoms with Crippen molar-refractivity contribution in [1.82, 2.24) is 30.6 Å². The lowest BCUT2D eigenvalue weighted by atomic mass is 9.90. The molecule has 192 valence electrons. The van der Waals surface area contributed by atoms with Crippen LogP contribution in [-0.2, 0) is 9.59 Å². The summed E-state index contributed by atoms with van der Waals surface area (Å²) in [5.41, 5.74) is 14.2. The van der Waals surface area contributed by atoms with Gasteiger partial charge in [0.2, 0.25) is 0 Å². The summed E-state index contributed by atoms with van der Waals surface area (Å²) in [4.78, 5) is 32.0. The highest BCUT2D eigenvalue weighted by molar-refractivity contribution is 5.98. The number of aromatic nitrogens is 4. The minimum absolute atomic E-state index is 0.0851. The summed E-state index contributed by atoms with van der Waals surface area (Å²) in [6.07, 6.45) is 7.07. The molecule has 0 bridgehead atoms. The summed E-state index contributed by atoms with van der Waals surface area (Å²) in [7, 11) is 0. The lowest BCUT2D eigenvalue weighted by molar-refractivity contribution is -0.123. The number of fused-ring (bicyclic) bond motifs is 1. The Hall–Kier alpha value is -4.99. The number of carbonyl (C=O) groups excluding carboxylic acids is 2. The fourth-order valence-corrected chi connectivity index (χ4v) is 4.52. The summed E-state index contributed by atoms with van der Waals surface area (Å²) < 4.78 is 7.85. The van der Waals surface area contributed by atoms with E-state index in [0.717, 1.165) is 48.6 Å². The number of nitrogens with one attached hydrogen (secondary N) is 2. The zero-order valence-electron chi connectivity index (χ0n) is 20.6. The molecule has 0 radical (unpaired) electrons. The number of nitrogens with two attached hydrogens (primary N) is 1. The average Bonchev–Trinajstić information content (AvgIpc) is 3.34. The number of amides is 2. The van der Waals surface area contributed by atoms with Crippen molar-refractivity contribution >= 4 is 28.7 Å². The van der Waals surface area contributed by atoms with Crippen LogP contribution in [0.2, 0.25) is 0 Å². The molecular weight excluding hydrogens is 482 g/mol. The van der Waals surface area contributed by atoms with Gasteiger partial charge in [0, 0.05) is 11.6 Å². The third-order valence-corrected chi connectivity index (χ3v) is 6.40. The molecule has 1 saturated carbocycles. The zero-order valence-corrected chi connectivity index (χ0v) is 20.6. The van der Waals surface area contributed by atoms with E-state index in [2.05, 4.69) is 27.4 Å². The van der Waals surface area contributed by atoms with Crippen LogP contribution >= 0.6 is 0 Å². The molecule has 2 aromatic heterocycles. The topological polar surface area (TPSA) is 137 Å². The molecule has 5 rings (SSSR count). The highest BCUT2D eigenvalue weighted by Crippen LogP contribution is 2.37. The number of carbonyl (C=O) groups is 2. The van der Waals surface area contributed by atoms with Crippen LogP contribution in [0.1, 0.15) is 31.7 Å². The van der Waals surface area contributed by atoms with Gasteiger partial charge < -0.3 is 10.5 Å². The van der Waals surface area contributed by atoms with E-state index < -0.39 is 5.91 Å². The molecule has 2 heterocycles. The molecule has 0 saturated heterocycles. The first kappa shape index (κ1) is 24.7. The van der Waals surface area contributed by atoms with Crippen LogP contribution in [0.15, 0.2) is 85.2 Å². The first-order valence-electron chi connectivity index (χ1n) is 12.3. The van der Waals surface area contributed by atoms with Crippen LogP contribution in [0, 0.1) is 0 Å². The number of rotatable bonds is 6. The monoisotopic (exact) mass is 509 g/mol. The normalized spacial score (nSPS) is 15.1. The Morgan fingerprint density at radius 3 is 2.37 bits per heavy atom. The van der Waals surface area contributed by atoms with Gasteiger partial charge >= 0.3 is 0 Å². The maximum atomic E-state index is 12.1. The van der Waals surface area contributed by atoms with Crippen LogP contribution in [0.5, 0.6) is 11.5 Å². The Balaban J connectivity index is 1.35. The van der Waals surface area contributed by atoms with Crippen molar-refractivity contribution in [2.75, 3.05) is 5.73 Å². The highest BCUT2D eigenvalue weighted by atomic mass is 16.5. The molecule has 1 aliphatic rings. The van der Waals surface area contributed by atoms with Gasteiger partial charge in [-0.2, -0.15) is 5.10 Å². The molecule has 2 aromatic carbocycles. The second-order valence-electron chi connectivity index (χ2n) is 8.91. The van der Waals surface area contributed by atoms with E-state index in [1.165, 1.54) is 12.4 Å². The minimum Gasteiger partial charge on any atom is -0.457 e. The molecule has 0 unspecified atom stereocenters. The molecule has 0 spiro atoms. The fourth-order valence-electron chi connectivity index (χ4n) is 4.52. The van der Waals surface area contributed by atoms with Gasteiger partial charge in [0.05, 0.1) is 11.4 Å². The molecule has 10 nitrogen and oxygen atoms in total. The number of hydrogen-bond acceptors (Lipinski definition) is 7. The van der Waals surface area contributed by atoms with E-state index in [9.17, 15) is 9.59 Å². The van der Waals surface area contributed by atoms with Crippen LogP contribution in [0.4, 0.5) is 5.82 Å². The van der Waals surface area contributed by atoms with E-state index >= 15 is 0 Å². The lowest BCUT2D eigenvalue weighted by Crippen LogP contribution is -2.40. The predicted molar refractivity (Wildman–Crippen MR) is 144 cm³/mol. The molecule has 4 N–H and O–H groups in total. The number of hydrogen-bond donors (Lipinski definition) is 3. The molecule has 10 heteroatoms. The van der Waals surface area contributed by atoms with Crippen molar-refractivity contribution in [1.29, 1.82) is 0 Å². The van der Waals surface area contributed by atoms with Crippen LogP contribution in [-0.4, -0.2) is 31.6 Å². The van der Waals surface area contributed by atoms with Gasteiger partial charge in [0.1, 0.15) is 29.3 Å². The Morgan fingerprint density at radius 1 is 0.974 bits per heavy atom. The maximum absolute atomic E-state index is 12.1. The van der Waals surface area contributed by atoms with E-state index in [1.807, 2.05) is 59.3 Å². The number of allylic oxidation sites excluding steroid dienone is 1. The van der Waals surface area contributed by atoms with Gasteiger partial charge in [0.15, 0.2) is 5.65 Å². The maximum Gasteiger partial charge on any atom is 0.262 e. The molecule has 4 aromatic rings. The van der Waals surface area contributed by atoms with Gasteiger partial charge in [-0.25, -0.2) is 14.6 Å². The number of nitrogens with zero attached hydrogens (tertiary/aromatic N) is 4. The van der Waals surface area contributed by atoms with Crippen molar-refractivity contribution in [2.45, 2.75) is 31.7 Å². The summed E-state index contributed by atoms with van der Waals surface area (Å²) in [5.74, 6) is 1.00. The van der Waals surface area contributed by atoms with E-state index in [4.69, 9.17) is 15.6 Å². The summed E-state index contributed by atoms with van der Waals surface area (Å²) >= 11 is 0. The molecule has 0 atom stereocenters. The Morgan fingerprint density at radius 2 is 1.66 bits per heavy atom. The molecule has 38 heavy (non-hydrogen) atoms. The summed E-state index contributed by atoms with van der Waals surface area (Å²) in [6.45, 7) is 3.35. The van der Waals surface area contributed by atoms with Gasteiger partial charge in [-0.1, -0.05) is 30.4 Å². The Bertz CT molecular complexity index is 1500. The smallest absolute Gasteiger partial charge is 0.262 e. The summed E-state index contributed by atoms with van der Waals surface area (Å²) in [5, 5.41) is 5.65. The lowest BCUT2D eigenvalue weighted by Gasteiger charge is -2.24. The number of hydrazine groups is 1. The van der Waals surface area contributed by atoms with Crippen LogP contribution < -0.4 is 21.3 Å². The van der Waals surface area contributed by atoms with E-state index in [-0.39, 0.29) is 11.9 Å². The Kier molecular flexibility index (Phi) is 7.12. The van der Waals surface area contributed by atoms with Gasteiger partial charge in [-0.3, -0.25) is 20.4 Å². The standard InChI is InChI=1S/C28H27N7O3/c1-2-23(36)32-33-24(37)16-18-8-12-20(13-9-18)35-28-25(27(29)30-17-31-28)26(34-35)19-10-14-22(15-11-19)38-21-6-4-3-5-7-21/h2-7,10-11,14-17,20H,1,8-9,12-13H2,(H,32,36)(H,33,37)(H2,29,30,31). The van der Waals surface area contributed by atoms with Crippen molar-refractivity contribution < 1.29 is 14.3 Å². The molecule has 2 amide bonds. The fraction of sp³-hybridized carbons (Fsp3) is 0.179. The van der Waals surface area contributed by atoms with Crippen molar-refractivity contribution in [2.24, 2.45) is 0 Å². The first-order chi connectivity index (χ1) is 18.5. The number of benzene rings is 2. The number of para-hydroxylation sites is 1. The highest BCUT2D eigenvalue weighted by Gasteiger charge is 2.25. The third-order valence-electron chi connectivity index (χ3n) is 6.40. The Labute approximate surface area is 219 Å². The van der Waals surface area contributed by atoms with Crippen LogP contribution in [0.3, 0.4) is 0 Å². The largest absolute Gasteiger partial charge is 0.457 e. The number of ether oxygens (including phenoxy) is 1. The van der Waals surface area contributed by atoms with E-state index in [1.54, 1.807) is 0 Å². The van der Waals surface area contributed by atoms with Gasteiger partial charge in [-0.05, 0) is 68.2 Å². The van der Waals surface area contributed by atoms with Crippen LogP contribution in [0.25, 0.3) is 22.3 Å². The van der Waals surface area contributed by atoms with Crippen molar-refractivity contribution in [3.8, 4) is 22.8 Å². The molecular formula is C28H27N7O3. The molecule has 1 fully saturated rings. The second kappa shape index (κ2) is 11.0. The SMILES string of the molecule is C=CC(=O)NNC(=O)C=C1CCC(n2nc(-c3ccc(Oc4ccccc4)cc3)c3c(N)ncnc32)CC1. The summed E-state index contributed by atoms with van der Waals surface area (Å²) in [6, 6.07) is 17.4. The molecule has 0 aliphatic heterocycles. The quantitative estimate of drug-likeness (QED) is 0.261. The third kappa shape index (κ3) is 5.39. The predicted octanol–water partition coefficient (Wildman–Crippen LogP) is 4.24. The number of nitrogen functional groups attached to an aromatic ring is 1. The van der Waals surface area contributed by atoms with E-state index in [0.29, 0.717) is 28.3 Å². The second-order valence-corrected chi connectivity index (χ2v) is 8.91. The number of anilines is 1. The molecule has 1 aliphatic carbocycles. The van der Waals surface area contributed by atoms with Gasteiger partial charge in [-0.15, -0.1) is 0 Å². The average molecular weight is 510 g/mol. The minimum atomic E-state index is -0.471. The first-order valence-corrected chi connectivity index (χ1v) is 12.3. The van der Waals surface area contributed by atoms with Crippen molar-refractivity contribution in [3.63, 3.8) is 0 Å². The van der Waals surface area contributed by atoms with Crippen molar-refractivity contribution in [3.05, 3.63) is 85.2 Å².